The molecule has 0 aliphatic heterocycles. The summed E-state index contributed by atoms with van der Waals surface area (Å²) in [6.45, 7) is 0. The van der Waals surface area contributed by atoms with Crippen LogP contribution in [0.15, 0.2) is 24.3 Å². The van der Waals surface area contributed by atoms with Crippen LogP contribution < -0.4 is 4.74 Å². The molecule has 1 nitrogen and oxygen atoms in total. The topological polar surface area (TPSA) is 9.23 Å². The van der Waals surface area contributed by atoms with E-state index in [-0.39, 0.29) is 0 Å². The van der Waals surface area contributed by atoms with Gasteiger partial charge >= 0.3 is 0 Å². The summed E-state index contributed by atoms with van der Waals surface area (Å²) in [5.41, 5.74) is 0.973. The van der Waals surface area contributed by atoms with Crippen LogP contribution in [0.3, 0.4) is 0 Å². The van der Waals surface area contributed by atoms with Crippen LogP contribution in [0.4, 0.5) is 0 Å². The Labute approximate surface area is 90.5 Å². The summed E-state index contributed by atoms with van der Waals surface area (Å²) >= 11 is 0. The van der Waals surface area contributed by atoms with Crippen molar-refractivity contribution < 1.29 is 4.74 Å². The molecule has 1 aliphatic carbocycles. The van der Waals surface area contributed by atoms with Crippen LogP contribution in [-0.2, 0) is 0 Å². The summed E-state index contributed by atoms with van der Waals surface area (Å²) < 4.78 is 5.06. The second-order valence-electron chi connectivity index (χ2n) is 3.52. The zero-order valence-electron chi connectivity index (χ0n) is 8.71. The second kappa shape index (κ2) is 4.58. The molecule has 0 aromatic heterocycles. The predicted octanol–water partition coefficient (Wildman–Crippen LogP) is 2.46. The molecule has 1 aromatic rings. The van der Waals surface area contributed by atoms with Gasteiger partial charge < -0.3 is 4.74 Å². The van der Waals surface area contributed by atoms with Crippen molar-refractivity contribution in [2.75, 3.05) is 7.11 Å². The zero-order chi connectivity index (χ0) is 10.5. The fourth-order valence-corrected chi connectivity index (χ4v) is 1.14. The number of hydrogen-bond donors (Lipinski definition) is 0. The minimum atomic E-state index is 0.621. The lowest BCUT2D eigenvalue weighted by atomic mass is 10.2. The van der Waals surface area contributed by atoms with Gasteiger partial charge in [0, 0.05) is 11.5 Å². The molecule has 0 atom stereocenters. The van der Waals surface area contributed by atoms with Gasteiger partial charge in [-0.2, -0.15) is 0 Å². The maximum absolute atomic E-state index is 5.06. The van der Waals surface area contributed by atoms with E-state index in [9.17, 15) is 0 Å². The number of hydrogen-bond acceptors (Lipinski definition) is 1. The largest absolute Gasteiger partial charge is 0.497 e. The van der Waals surface area contributed by atoms with Crippen LogP contribution >= 0.6 is 0 Å². The van der Waals surface area contributed by atoms with E-state index >= 15 is 0 Å². The van der Waals surface area contributed by atoms with E-state index in [4.69, 9.17) is 4.74 Å². The van der Waals surface area contributed by atoms with Crippen molar-refractivity contribution in [3.63, 3.8) is 0 Å². The smallest absolute Gasteiger partial charge is 0.118 e. The molecule has 0 amide bonds. The average molecular weight is 196 g/mol. The Balaban J connectivity index is 2.00. The first-order valence-corrected chi connectivity index (χ1v) is 5.04. The Hall–Kier alpha value is -1.86. The fraction of sp³-hybridized carbons (Fsp3) is 0.286. The van der Waals surface area contributed by atoms with Crippen LogP contribution in [0.1, 0.15) is 18.4 Å². The van der Waals surface area contributed by atoms with Crippen LogP contribution in [0.2, 0.25) is 0 Å². The van der Waals surface area contributed by atoms with Crippen molar-refractivity contribution in [1.82, 2.24) is 0 Å². The van der Waals surface area contributed by atoms with Crippen molar-refractivity contribution in [2.24, 2.45) is 5.92 Å². The first-order chi connectivity index (χ1) is 7.38. The molecular formula is C14H12O. The van der Waals surface area contributed by atoms with Crippen molar-refractivity contribution in [3.05, 3.63) is 29.8 Å². The maximum Gasteiger partial charge on any atom is 0.118 e. The van der Waals surface area contributed by atoms with E-state index in [0.717, 1.165) is 11.3 Å². The quantitative estimate of drug-likeness (QED) is 0.627. The van der Waals surface area contributed by atoms with E-state index in [1.54, 1.807) is 7.11 Å². The molecule has 0 bridgehead atoms. The number of ether oxygens (including phenoxy) is 1. The fourth-order valence-electron chi connectivity index (χ4n) is 1.14. The normalized spacial score (nSPS) is 13.1. The van der Waals surface area contributed by atoms with Crippen molar-refractivity contribution in [3.8, 4) is 29.4 Å². The van der Waals surface area contributed by atoms with E-state index < -0.39 is 0 Å². The van der Waals surface area contributed by atoms with Crippen LogP contribution in [-0.4, -0.2) is 7.11 Å². The molecule has 1 saturated carbocycles. The molecule has 74 valence electrons. The van der Waals surface area contributed by atoms with Gasteiger partial charge in [0.25, 0.3) is 0 Å². The molecule has 1 fully saturated rings. The molecule has 15 heavy (non-hydrogen) atoms. The lowest BCUT2D eigenvalue weighted by molar-refractivity contribution is 0.415. The zero-order valence-corrected chi connectivity index (χ0v) is 8.71. The summed E-state index contributed by atoms with van der Waals surface area (Å²) in [4.78, 5) is 0. The van der Waals surface area contributed by atoms with Gasteiger partial charge in [0.2, 0.25) is 0 Å². The maximum atomic E-state index is 5.06. The molecule has 0 N–H and O–H groups in total. The monoisotopic (exact) mass is 196 g/mol. The van der Waals surface area contributed by atoms with Gasteiger partial charge in [-0.05, 0) is 48.9 Å². The van der Waals surface area contributed by atoms with Crippen molar-refractivity contribution in [1.29, 1.82) is 0 Å². The van der Waals surface area contributed by atoms with Crippen LogP contribution in [0, 0.1) is 29.6 Å². The van der Waals surface area contributed by atoms with Gasteiger partial charge in [0.1, 0.15) is 5.75 Å². The Bertz CT molecular complexity index is 444. The van der Waals surface area contributed by atoms with Gasteiger partial charge in [-0.1, -0.05) is 11.8 Å². The molecule has 0 saturated heterocycles. The molecule has 1 heteroatoms. The van der Waals surface area contributed by atoms with Gasteiger partial charge in [0.15, 0.2) is 0 Å². The van der Waals surface area contributed by atoms with Gasteiger partial charge in [-0.25, -0.2) is 0 Å². The Morgan fingerprint density at radius 1 is 1.13 bits per heavy atom. The number of methoxy groups -OCH3 is 1. The summed E-state index contributed by atoms with van der Waals surface area (Å²) in [6, 6.07) is 7.67. The van der Waals surface area contributed by atoms with Crippen molar-refractivity contribution in [2.45, 2.75) is 12.8 Å². The molecule has 2 rings (SSSR count). The highest BCUT2D eigenvalue weighted by atomic mass is 16.5. The first kappa shape index (κ1) is 9.69. The lowest BCUT2D eigenvalue weighted by Gasteiger charge is -1.96. The molecule has 0 spiro atoms. The second-order valence-corrected chi connectivity index (χ2v) is 3.52. The first-order valence-electron chi connectivity index (χ1n) is 5.04. The SMILES string of the molecule is COc1ccc(C#CC#CC2CC2)cc1. The third kappa shape index (κ3) is 3.08. The van der Waals surface area contributed by atoms with Gasteiger partial charge in [-0.15, -0.1) is 0 Å². The van der Waals surface area contributed by atoms with Crippen LogP contribution in [0.25, 0.3) is 0 Å². The van der Waals surface area contributed by atoms with E-state index in [2.05, 4.69) is 23.7 Å². The third-order valence-corrected chi connectivity index (χ3v) is 2.21. The number of benzene rings is 1. The number of rotatable bonds is 1. The Kier molecular flexibility index (Phi) is 2.96. The Morgan fingerprint density at radius 2 is 1.87 bits per heavy atom. The molecule has 0 heterocycles. The van der Waals surface area contributed by atoms with Gasteiger partial charge in [-0.3, -0.25) is 0 Å². The van der Waals surface area contributed by atoms with E-state index in [1.807, 2.05) is 24.3 Å². The van der Waals surface area contributed by atoms with E-state index in [1.165, 1.54) is 12.8 Å². The third-order valence-electron chi connectivity index (χ3n) is 2.21. The molecule has 1 aliphatic rings. The van der Waals surface area contributed by atoms with Gasteiger partial charge in [0.05, 0.1) is 7.11 Å². The molecule has 0 unspecified atom stereocenters. The van der Waals surface area contributed by atoms with E-state index in [0.29, 0.717) is 5.92 Å². The average Bonchev–Trinajstić information content (AvgIpc) is 3.09. The molecular weight excluding hydrogens is 184 g/mol. The minimum absolute atomic E-state index is 0.621. The summed E-state index contributed by atoms with van der Waals surface area (Å²) in [5, 5.41) is 0. The molecule has 1 aromatic carbocycles. The minimum Gasteiger partial charge on any atom is -0.497 e. The highest BCUT2D eigenvalue weighted by Gasteiger charge is 2.17. The highest BCUT2D eigenvalue weighted by Crippen LogP contribution is 2.27. The summed E-state index contributed by atoms with van der Waals surface area (Å²) in [7, 11) is 1.65. The highest BCUT2D eigenvalue weighted by molar-refractivity contribution is 5.42. The summed E-state index contributed by atoms with van der Waals surface area (Å²) in [5.74, 6) is 13.3. The lowest BCUT2D eigenvalue weighted by Crippen LogP contribution is -1.81. The van der Waals surface area contributed by atoms with Crippen LogP contribution in [0.5, 0.6) is 5.75 Å². The standard InChI is InChI=1S/C14H12O/c1-15-14-10-8-13(9-11-14)5-3-2-4-12-6-7-12/h8-12H,6-7H2,1H3. The molecule has 0 radical (unpaired) electrons. The summed E-state index contributed by atoms with van der Waals surface area (Å²) in [6.07, 6.45) is 2.49. The van der Waals surface area contributed by atoms with Crippen molar-refractivity contribution >= 4 is 0 Å². The predicted molar refractivity (Wildman–Crippen MR) is 60.4 cm³/mol. The Morgan fingerprint density at radius 3 is 2.47 bits per heavy atom.